The van der Waals surface area contributed by atoms with Crippen LogP contribution in [0.1, 0.15) is 118 Å². The predicted octanol–water partition coefficient (Wildman–Crippen LogP) is 6.71. The number of fused-ring (bicyclic) bond motifs is 1. The van der Waals surface area contributed by atoms with E-state index >= 15 is 0 Å². The number of aliphatic hydroxyl groups excluding tert-OH is 2. The van der Waals surface area contributed by atoms with Crippen LogP contribution in [0.2, 0.25) is 0 Å². The Morgan fingerprint density at radius 2 is 1.81 bits per heavy atom. The van der Waals surface area contributed by atoms with Gasteiger partial charge in [0.05, 0.1) is 11.7 Å². The maximum atomic E-state index is 9.94. The van der Waals surface area contributed by atoms with E-state index in [0.29, 0.717) is 12.0 Å². The molecule has 0 aliphatic heterocycles. The number of rotatable bonds is 7. The molecule has 0 heterocycles. The molecule has 3 nitrogen and oxygen atoms in total. The molecule has 3 aliphatic carbocycles. The zero-order valence-corrected chi connectivity index (χ0v) is 20.8. The van der Waals surface area contributed by atoms with Gasteiger partial charge in [-0.1, -0.05) is 50.0 Å². The number of hydrogen-bond acceptors (Lipinski definition) is 3. The SMILES string of the molecule is CC(C)(O)CCCCC1CCC2/C(=C/C=C3/CCC[C@H](O)C3)CCCC12C.CCCO. The van der Waals surface area contributed by atoms with Crippen molar-refractivity contribution in [3.05, 3.63) is 23.3 Å². The van der Waals surface area contributed by atoms with E-state index in [1.165, 1.54) is 56.9 Å². The number of hydrogen-bond donors (Lipinski definition) is 3. The van der Waals surface area contributed by atoms with E-state index in [-0.39, 0.29) is 6.10 Å². The Morgan fingerprint density at radius 1 is 1.06 bits per heavy atom. The van der Waals surface area contributed by atoms with E-state index in [1.807, 2.05) is 20.8 Å². The van der Waals surface area contributed by atoms with Crippen LogP contribution in [-0.2, 0) is 0 Å². The molecule has 3 rings (SSSR count). The van der Waals surface area contributed by atoms with Crippen molar-refractivity contribution in [2.75, 3.05) is 6.61 Å². The molecular weight excluding hydrogens is 384 g/mol. The Bertz CT molecular complexity index is 584. The molecule has 3 saturated carbocycles. The van der Waals surface area contributed by atoms with Crippen molar-refractivity contribution in [1.82, 2.24) is 0 Å². The minimum absolute atomic E-state index is 0.111. The molecule has 3 fully saturated rings. The molecule has 0 aromatic rings. The maximum Gasteiger partial charge on any atom is 0.0591 e. The number of unbranched alkanes of at least 4 members (excludes halogenated alkanes) is 1. The first-order chi connectivity index (χ1) is 14.7. The zero-order valence-electron chi connectivity index (χ0n) is 20.8. The molecule has 3 heteroatoms. The quantitative estimate of drug-likeness (QED) is 0.390. The third-order valence-electron chi connectivity index (χ3n) is 8.04. The van der Waals surface area contributed by atoms with Crippen LogP contribution in [-0.4, -0.2) is 33.6 Å². The van der Waals surface area contributed by atoms with E-state index in [2.05, 4.69) is 19.1 Å². The Labute approximate surface area is 192 Å². The molecule has 4 atom stereocenters. The minimum atomic E-state index is -0.511. The summed E-state index contributed by atoms with van der Waals surface area (Å²) in [5.41, 5.74) is 3.12. The zero-order chi connectivity index (χ0) is 22.9. The van der Waals surface area contributed by atoms with Crippen molar-refractivity contribution in [3.63, 3.8) is 0 Å². The predicted molar refractivity (Wildman–Crippen MR) is 131 cm³/mol. The Kier molecular flexibility index (Phi) is 10.8. The van der Waals surface area contributed by atoms with Gasteiger partial charge in [-0.2, -0.15) is 0 Å². The molecule has 0 saturated heterocycles. The van der Waals surface area contributed by atoms with Gasteiger partial charge in [0, 0.05) is 6.61 Å². The van der Waals surface area contributed by atoms with E-state index in [1.54, 1.807) is 5.57 Å². The van der Waals surface area contributed by atoms with Crippen molar-refractivity contribution >= 4 is 0 Å². The second-order valence-electron chi connectivity index (χ2n) is 11.3. The largest absolute Gasteiger partial charge is 0.396 e. The van der Waals surface area contributed by atoms with Gasteiger partial charge >= 0.3 is 0 Å². The lowest BCUT2D eigenvalue weighted by atomic mass is 9.62. The van der Waals surface area contributed by atoms with Crippen LogP contribution in [0.25, 0.3) is 0 Å². The van der Waals surface area contributed by atoms with Crippen LogP contribution >= 0.6 is 0 Å². The lowest BCUT2D eigenvalue weighted by Crippen LogP contribution is -2.33. The summed E-state index contributed by atoms with van der Waals surface area (Å²) in [7, 11) is 0. The van der Waals surface area contributed by atoms with Gasteiger partial charge in [0.2, 0.25) is 0 Å². The molecule has 0 aromatic heterocycles. The summed E-state index contributed by atoms with van der Waals surface area (Å²) in [6.45, 7) is 8.67. The summed E-state index contributed by atoms with van der Waals surface area (Å²) in [5.74, 6) is 1.63. The van der Waals surface area contributed by atoms with Gasteiger partial charge < -0.3 is 15.3 Å². The van der Waals surface area contributed by atoms with E-state index in [0.717, 1.165) is 50.4 Å². The first-order valence-electron chi connectivity index (χ1n) is 13.1. The first kappa shape index (κ1) is 26.6. The highest BCUT2D eigenvalue weighted by Crippen LogP contribution is 2.58. The summed E-state index contributed by atoms with van der Waals surface area (Å²) in [5, 5.41) is 27.7. The highest BCUT2D eigenvalue weighted by molar-refractivity contribution is 5.25. The van der Waals surface area contributed by atoms with Crippen LogP contribution in [0.3, 0.4) is 0 Å². The fraction of sp³-hybridized carbons (Fsp3) is 0.857. The van der Waals surface area contributed by atoms with Crippen LogP contribution < -0.4 is 0 Å². The highest BCUT2D eigenvalue weighted by atomic mass is 16.3. The van der Waals surface area contributed by atoms with Gasteiger partial charge in [-0.05, 0) is 108 Å². The number of allylic oxidation sites excluding steroid dienone is 3. The van der Waals surface area contributed by atoms with Crippen LogP contribution in [0.15, 0.2) is 23.3 Å². The van der Waals surface area contributed by atoms with Crippen LogP contribution in [0, 0.1) is 17.3 Å². The first-order valence-corrected chi connectivity index (χ1v) is 13.1. The summed E-state index contributed by atoms with van der Waals surface area (Å²) in [6.07, 6.45) is 21.2. The minimum Gasteiger partial charge on any atom is -0.396 e. The van der Waals surface area contributed by atoms with E-state index in [4.69, 9.17) is 5.11 Å². The molecule has 0 radical (unpaired) electrons. The van der Waals surface area contributed by atoms with Gasteiger partial charge in [-0.25, -0.2) is 0 Å². The van der Waals surface area contributed by atoms with Crippen molar-refractivity contribution in [2.45, 2.75) is 129 Å². The standard InChI is InChI=1S/C25H42O2.C3H8O/c1-24(2,27)16-5-4-10-21-14-15-23-20(9-7-17-25(21,23)3)13-12-19-8-6-11-22(26)18-19;1-2-3-4/h12-13,21-23,26-27H,4-11,14-18H2,1-3H3;4H,2-3H2,1H3/b19-12-,20-13+;/t21?,22-,23?,25?;/m0./s1. The van der Waals surface area contributed by atoms with E-state index in [9.17, 15) is 10.2 Å². The Balaban J connectivity index is 0.000000785. The average molecular weight is 435 g/mol. The molecular formula is C28H50O3. The smallest absolute Gasteiger partial charge is 0.0591 e. The Morgan fingerprint density at radius 3 is 2.45 bits per heavy atom. The molecule has 180 valence electrons. The van der Waals surface area contributed by atoms with Crippen molar-refractivity contribution in [2.24, 2.45) is 17.3 Å². The molecule has 3 N–H and O–H groups in total. The van der Waals surface area contributed by atoms with E-state index < -0.39 is 5.60 Å². The summed E-state index contributed by atoms with van der Waals surface area (Å²) in [6, 6.07) is 0. The lowest BCUT2D eigenvalue weighted by Gasteiger charge is -2.42. The van der Waals surface area contributed by atoms with Gasteiger partial charge in [0.15, 0.2) is 0 Å². The maximum absolute atomic E-state index is 9.94. The fourth-order valence-electron chi connectivity index (χ4n) is 6.22. The number of aliphatic hydroxyl groups is 3. The van der Waals surface area contributed by atoms with Crippen molar-refractivity contribution < 1.29 is 15.3 Å². The second-order valence-corrected chi connectivity index (χ2v) is 11.3. The monoisotopic (exact) mass is 434 g/mol. The summed E-state index contributed by atoms with van der Waals surface area (Å²) in [4.78, 5) is 0. The summed E-state index contributed by atoms with van der Waals surface area (Å²) < 4.78 is 0. The van der Waals surface area contributed by atoms with Gasteiger partial charge in [-0.15, -0.1) is 0 Å². The third kappa shape index (κ3) is 8.33. The normalized spacial score (nSPS) is 33.8. The molecule has 3 aliphatic rings. The fourth-order valence-corrected chi connectivity index (χ4v) is 6.22. The van der Waals surface area contributed by atoms with Crippen molar-refractivity contribution in [1.29, 1.82) is 0 Å². The third-order valence-corrected chi connectivity index (χ3v) is 8.04. The molecule has 0 aromatic carbocycles. The van der Waals surface area contributed by atoms with Crippen molar-refractivity contribution in [3.8, 4) is 0 Å². The van der Waals surface area contributed by atoms with Crippen LogP contribution in [0.4, 0.5) is 0 Å². The highest BCUT2D eigenvalue weighted by Gasteiger charge is 2.48. The van der Waals surface area contributed by atoms with Gasteiger partial charge in [0.25, 0.3) is 0 Å². The summed E-state index contributed by atoms with van der Waals surface area (Å²) >= 11 is 0. The van der Waals surface area contributed by atoms with Crippen LogP contribution in [0.5, 0.6) is 0 Å². The molecule has 31 heavy (non-hydrogen) atoms. The molecule has 0 bridgehead atoms. The van der Waals surface area contributed by atoms with Gasteiger partial charge in [-0.3, -0.25) is 0 Å². The Hall–Kier alpha value is -0.640. The van der Waals surface area contributed by atoms with Gasteiger partial charge in [0.1, 0.15) is 0 Å². The molecule has 3 unspecified atom stereocenters. The topological polar surface area (TPSA) is 60.7 Å². The molecule has 0 amide bonds. The molecule has 0 spiro atoms. The second kappa shape index (κ2) is 12.6. The lowest BCUT2D eigenvalue weighted by molar-refractivity contribution is 0.0659. The average Bonchev–Trinajstić information content (AvgIpc) is 3.06.